The summed E-state index contributed by atoms with van der Waals surface area (Å²) in [6.45, 7) is 0.104. The van der Waals surface area contributed by atoms with Gasteiger partial charge in [-0.25, -0.2) is 10.1 Å². The van der Waals surface area contributed by atoms with Crippen LogP contribution in [0.4, 0.5) is 5.82 Å². The van der Waals surface area contributed by atoms with Gasteiger partial charge >= 0.3 is 0 Å². The Labute approximate surface area is 173 Å². The topological polar surface area (TPSA) is 168 Å². The van der Waals surface area contributed by atoms with E-state index in [1.165, 1.54) is 10.9 Å². The molecule has 0 saturated carbocycles. The second kappa shape index (κ2) is 7.55. The zero-order valence-electron chi connectivity index (χ0n) is 15.7. The number of carbonyl (C=O) groups is 1. The van der Waals surface area contributed by atoms with E-state index in [-0.39, 0.29) is 29.8 Å². The lowest BCUT2D eigenvalue weighted by atomic mass is 10.1. The van der Waals surface area contributed by atoms with Crippen molar-refractivity contribution in [2.75, 3.05) is 12.5 Å². The van der Waals surface area contributed by atoms with Crippen molar-refractivity contribution in [3.8, 4) is 28.6 Å². The Bertz CT molecular complexity index is 1280. The standard InChI is InChI=1S/C18H13N9O4/c19-16-17(25-31-24-16)27-15(11-3-4-12-13(6-11)30-9-29-12)14(22-26-27)18(28)23-21-8-10-2-1-5-20-7-10/h1-8H,9H2,(H2,19,24)(H,23,28). The molecule has 0 bridgehead atoms. The lowest BCUT2D eigenvalue weighted by molar-refractivity contribution is 0.0950. The summed E-state index contributed by atoms with van der Waals surface area (Å²) in [6, 6.07) is 8.67. The van der Waals surface area contributed by atoms with E-state index in [1.807, 2.05) is 0 Å². The maximum Gasteiger partial charge on any atom is 0.294 e. The summed E-state index contributed by atoms with van der Waals surface area (Å²) in [5.74, 6) is 0.551. The number of nitrogens with one attached hydrogen (secondary N) is 1. The first kappa shape index (κ1) is 18.2. The largest absolute Gasteiger partial charge is 0.454 e. The predicted octanol–water partition coefficient (Wildman–Crippen LogP) is 0.787. The monoisotopic (exact) mass is 419 g/mol. The summed E-state index contributed by atoms with van der Waals surface area (Å²) < 4.78 is 16.7. The summed E-state index contributed by atoms with van der Waals surface area (Å²) in [4.78, 5) is 16.8. The van der Waals surface area contributed by atoms with Crippen LogP contribution in [0.2, 0.25) is 0 Å². The average Bonchev–Trinajstić information content (AvgIpc) is 3.52. The quantitative estimate of drug-likeness (QED) is 0.348. The van der Waals surface area contributed by atoms with E-state index in [0.717, 1.165) is 0 Å². The van der Waals surface area contributed by atoms with Crippen LogP contribution >= 0.6 is 0 Å². The Hall–Kier alpha value is -4.81. The van der Waals surface area contributed by atoms with Crippen molar-refractivity contribution >= 4 is 17.9 Å². The number of pyridine rings is 1. The van der Waals surface area contributed by atoms with Crippen LogP contribution in [0.3, 0.4) is 0 Å². The zero-order valence-corrected chi connectivity index (χ0v) is 15.7. The van der Waals surface area contributed by atoms with Gasteiger partial charge in [0.2, 0.25) is 18.4 Å². The van der Waals surface area contributed by atoms with Crippen LogP contribution in [0.1, 0.15) is 16.1 Å². The lowest BCUT2D eigenvalue weighted by Crippen LogP contribution is -2.19. The first-order valence-electron chi connectivity index (χ1n) is 8.88. The molecule has 1 aliphatic rings. The summed E-state index contributed by atoms with van der Waals surface area (Å²) in [7, 11) is 0. The highest BCUT2D eigenvalue weighted by molar-refractivity contribution is 5.99. The number of fused-ring (bicyclic) bond motifs is 1. The van der Waals surface area contributed by atoms with Crippen LogP contribution in [0.5, 0.6) is 11.5 Å². The smallest absolute Gasteiger partial charge is 0.294 e. The van der Waals surface area contributed by atoms with Crippen LogP contribution in [0, 0.1) is 0 Å². The maximum atomic E-state index is 12.8. The Morgan fingerprint density at radius 2 is 2.13 bits per heavy atom. The van der Waals surface area contributed by atoms with Crippen molar-refractivity contribution in [2.45, 2.75) is 0 Å². The van der Waals surface area contributed by atoms with Gasteiger partial charge in [-0.05, 0) is 34.6 Å². The molecule has 0 saturated heterocycles. The van der Waals surface area contributed by atoms with Crippen molar-refractivity contribution in [3.63, 3.8) is 0 Å². The third-order valence-corrected chi connectivity index (χ3v) is 4.29. The van der Waals surface area contributed by atoms with Crippen LogP contribution in [-0.2, 0) is 0 Å². The minimum Gasteiger partial charge on any atom is -0.454 e. The first-order chi connectivity index (χ1) is 15.2. The molecule has 13 nitrogen and oxygen atoms in total. The number of nitrogen functional groups attached to an aromatic ring is 1. The molecule has 31 heavy (non-hydrogen) atoms. The molecular formula is C18H13N9O4. The molecule has 13 heteroatoms. The van der Waals surface area contributed by atoms with Gasteiger partial charge in [0.05, 0.1) is 6.21 Å². The SMILES string of the molecule is Nc1nonc1-n1nnc(C(=O)NN=Cc2cccnc2)c1-c1ccc2c(c1)OCO2. The van der Waals surface area contributed by atoms with Gasteiger partial charge in [0.1, 0.15) is 5.69 Å². The van der Waals surface area contributed by atoms with Crippen molar-refractivity contribution in [3.05, 3.63) is 54.0 Å². The third kappa shape index (κ3) is 3.39. The summed E-state index contributed by atoms with van der Waals surface area (Å²) in [5.41, 5.74) is 9.76. The molecule has 0 radical (unpaired) electrons. The fourth-order valence-electron chi connectivity index (χ4n) is 2.89. The zero-order chi connectivity index (χ0) is 21.2. The number of carbonyl (C=O) groups excluding carboxylic acids is 1. The molecule has 4 aromatic rings. The van der Waals surface area contributed by atoms with Crippen LogP contribution in [0.25, 0.3) is 17.1 Å². The highest BCUT2D eigenvalue weighted by Crippen LogP contribution is 2.37. The third-order valence-electron chi connectivity index (χ3n) is 4.29. The molecule has 0 fully saturated rings. The van der Waals surface area contributed by atoms with Crippen molar-refractivity contribution in [1.82, 2.24) is 35.7 Å². The fourth-order valence-corrected chi connectivity index (χ4v) is 2.89. The normalized spacial score (nSPS) is 12.4. The van der Waals surface area contributed by atoms with Gasteiger partial charge in [-0.1, -0.05) is 11.3 Å². The molecule has 0 spiro atoms. The van der Waals surface area contributed by atoms with E-state index in [1.54, 1.807) is 42.7 Å². The number of rotatable bonds is 5. The van der Waals surface area contributed by atoms with Crippen molar-refractivity contribution in [2.24, 2.45) is 5.10 Å². The molecule has 1 aromatic carbocycles. The second-order valence-corrected chi connectivity index (χ2v) is 6.23. The highest BCUT2D eigenvalue weighted by atomic mass is 16.7. The number of nitrogens with zero attached hydrogens (tertiary/aromatic N) is 7. The number of benzene rings is 1. The van der Waals surface area contributed by atoms with Crippen LogP contribution < -0.4 is 20.6 Å². The molecule has 0 atom stereocenters. The van der Waals surface area contributed by atoms with E-state index in [9.17, 15) is 4.79 Å². The molecule has 1 aliphatic heterocycles. The predicted molar refractivity (Wildman–Crippen MR) is 104 cm³/mol. The Morgan fingerprint density at radius 1 is 1.23 bits per heavy atom. The molecule has 3 aromatic heterocycles. The van der Waals surface area contributed by atoms with E-state index in [4.69, 9.17) is 15.2 Å². The molecule has 0 unspecified atom stereocenters. The summed E-state index contributed by atoms with van der Waals surface area (Å²) in [6.07, 6.45) is 4.69. The van der Waals surface area contributed by atoms with Crippen molar-refractivity contribution < 1.29 is 18.9 Å². The summed E-state index contributed by atoms with van der Waals surface area (Å²) >= 11 is 0. The van der Waals surface area contributed by atoms with E-state index < -0.39 is 5.91 Å². The van der Waals surface area contributed by atoms with Crippen LogP contribution in [0.15, 0.2) is 52.5 Å². The van der Waals surface area contributed by atoms with Gasteiger partial charge in [-0.3, -0.25) is 9.78 Å². The number of hydrogen-bond donors (Lipinski definition) is 2. The van der Waals surface area contributed by atoms with E-state index >= 15 is 0 Å². The van der Waals surface area contributed by atoms with E-state index in [2.05, 4.69) is 40.8 Å². The highest BCUT2D eigenvalue weighted by Gasteiger charge is 2.26. The summed E-state index contributed by atoms with van der Waals surface area (Å²) in [5, 5.41) is 19.2. The van der Waals surface area contributed by atoms with Gasteiger partial charge in [0.25, 0.3) is 5.91 Å². The molecule has 0 aliphatic carbocycles. The van der Waals surface area contributed by atoms with Gasteiger partial charge < -0.3 is 15.2 Å². The van der Waals surface area contributed by atoms with Crippen molar-refractivity contribution in [1.29, 1.82) is 0 Å². The molecule has 4 heterocycles. The molecular weight excluding hydrogens is 406 g/mol. The van der Waals surface area contributed by atoms with E-state index in [0.29, 0.717) is 22.6 Å². The second-order valence-electron chi connectivity index (χ2n) is 6.23. The molecule has 3 N–H and O–H groups in total. The van der Waals surface area contributed by atoms with Crippen LogP contribution in [-0.4, -0.2) is 49.2 Å². The maximum absolute atomic E-state index is 12.8. The minimum absolute atomic E-state index is 0.0200. The van der Waals surface area contributed by atoms with Gasteiger partial charge in [0, 0.05) is 23.5 Å². The fraction of sp³-hybridized carbons (Fsp3) is 0.0556. The molecule has 154 valence electrons. The lowest BCUT2D eigenvalue weighted by Gasteiger charge is -2.07. The minimum atomic E-state index is -0.603. The average molecular weight is 419 g/mol. The number of hydrogen-bond acceptors (Lipinski definition) is 11. The number of aromatic nitrogens is 6. The first-order valence-corrected chi connectivity index (χ1v) is 8.88. The Morgan fingerprint density at radius 3 is 2.94 bits per heavy atom. The molecule has 1 amide bonds. The number of ether oxygens (including phenoxy) is 2. The number of nitrogens with two attached hydrogens (primary N) is 1. The van der Waals surface area contributed by atoms with Gasteiger partial charge in [-0.15, -0.1) is 5.10 Å². The Balaban J connectivity index is 1.53. The van der Waals surface area contributed by atoms with Gasteiger partial charge in [-0.2, -0.15) is 9.78 Å². The van der Waals surface area contributed by atoms with Gasteiger partial charge in [0.15, 0.2) is 17.2 Å². The number of hydrazone groups is 1. The Kier molecular flexibility index (Phi) is 4.44. The number of amides is 1. The number of anilines is 1. The molecule has 5 rings (SSSR count).